The summed E-state index contributed by atoms with van der Waals surface area (Å²) in [4.78, 5) is 0. The molecule has 0 spiro atoms. The van der Waals surface area contributed by atoms with Crippen LogP contribution in [0.3, 0.4) is 0 Å². The topological polar surface area (TPSA) is 36.9 Å². The highest BCUT2D eigenvalue weighted by Gasteiger charge is 2.38. The minimum atomic E-state index is -0.235. The highest BCUT2D eigenvalue weighted by atomic mass is 16.6. The molecule has 2 aliphatic heterocycles. The minimum absolute atomic E-state index is 0. The summed E-state index contributed by atoms with van der Waals surface area (Å²) < 4.78 is 22.7. The van der Waals surface area contributed by atoms with Crippen molar-refractivity contribution < 1.29 is 18.6 Å². The van der Waals surface area contributed by atoms with E-state index in [0.29, 0.717) is 26.4 Å². The second-order valence-electron chi connectivity index (χ2n) is 7.38. The molecule has 2 aromatic carbocycles. The van der Waals surface area contributed by atoms with E-state index in [0.717, 1.165) is 10.9 Å². The van der Waals surface area contributed by atoms with Crippen LogP contribution in [0.2, 0.25) is 0 Å². The predicted octanol–water partition coefficient (Wildman–Crippen LogP) is 2.11. The van der Waals surface area contributed by atoms with Gasteiger partial charge in [-0.25, -0.2) is 0 Å². The average molecular weight is 350 g/mol. The van der Waals surface area contributed by atoms with Gasteiger partial charge in [-0.05, 0) is 33.2 Å². The molecule has 3 aliphatic rings. The Morgan fingerprint density at radius 1 is 0.692 bits per heavy atom. The van der Waals surface area contributed by atoms with Gasteiger partial charge >= 0.3 is 14.2 Å². The Kier molecular flexibility index (Phi) is 4.48. The van der Waals surface area contributed by atoms with Crippen LogP contribution in [0.15, 0.2) is 36.4 Å². The molecule has 0 radical (unpaired) electrons. The molecule has 0 amide bonds. The highest BCUT2D eigenvalue weighted by molar-refractivity contribution is 6.62. The molecule has 0 bridgehead atoms. The lowest BCUT2D eigenvalue weighted by Crippen LogP contribution is -2.33. The predicted molar refractivity (Wildman–Crippen MR) is 105 cm³/mol. The highest BCUT2D eigenvalue weighted by Crippen LogP contribution is 2.47. The van der Waals surface area contributed by atoms with E-state index in [-0.39, 0.29) is 27.1 Å². The van der Waals surface area contributed by atoms with Gasteiger partial charge in [0, 0.05) is 5.41 Å². The summed E-state index contributed by atoms with van der Waals surface area (Å²) in [7, 11) is -0.471. The third-order valence-corrected chi connectivity index (χ3v) is 5.51. The number of hydrogen-bond donors (Lipinski definition) is 0. The van der Waals surface area contributed by atoms with Gasteiger partial charge in [-0.15, -0.1) is 0 Å². The maximum atomic E-state index is 5.68. The van der Waals surface area contributed by atoms with Crippen molar-refractivity contribution in [2.45, 2.75) is 26.7 Å². The summed E-state index contributed by atoms with van der Waals surface area (Å²) in [5.74, 6) is 0. The first-order chi connectivity index (χ1) is 12.1. The lowest BCUT2D eigenvalue weighted by Gasteiger charge is -2.23. The molecule has 0 unspecified atom stereocenters. The van der Waals surface area contributed by atoms with Crippen molar-refractivity contribution in [2.24, 2.45) is 0 Å². The zero-order chi connectivity index (χ0) is 17.0. The van der Waals surface area contributed by atoms with Gasteiger partial charge in [0.2, 0.25) is 0 Å². The van der Waals surface area contributed by atoms with Crippen LogP contribution in [0.1, 0.15) is 32.4 Å². The summed E-state index contributed by atoms with van der Waals surface area (Å²) >= 11 is 0. The summed E-state index contributed by atoms with van der Waals surface area (Å²) in [6, 6.07) is 13.1. The van der Waals surface area contributed by atoms with Crippen molar-refractivity contribution >= 4 is 25.2 Å². The van der Waals surface area contributed by atoms with Crippen molar-refractivity contribution in [3.63, 3.8) is 0 Å². The van der Waals surface area contributed by atoms with Crippen LogP contribution >= 0.6 is 0 Å². The monoisotopic (exact) mass is 350 g/mol. The standard InChI is InChI=1S/C19H20B2O4.CH4/c1-19(2)17-11-13(20-22-7-8-23-20)3-5-15(17)16-6-4-14(12-18(16)19)21-24-9-10-25-21;/h3-6,11-12H,7-10H2,1-2H3;1H4. The molecule has 6 heteroatoms. The first-order valence-electron chi connectivity index (χ1n) is 8.90. The van der Waals surface area contributed by atoms with Crippen LogP contribution in [0.4, 0.5) is 0 Å². The lowest BCUT2D eigenvalue weighted by molar-refractivity contribution is 0.365. The fraction of sp³-hybridized carbons (Fsp3) is 0.400. The molecule has 0 aromatic heterocycles. The zero-order valence-electron chi connectivity index (χ0n) is 14.6. The van der Waals surface area contributed by atoms with Crippen LogP contribution in [0, 0.1) is 0 Å². The van der Waals surface area contributed by atoms with E-state index in [1.165, 1.54) is 22.3 Å². The van der Waals surface area contributed by atoms with Crippen molar-refractivity contribution in [3.8, 4) is 11.1 Å². The van der Waals surface area contributed by atoms with E-state index in [4.69, 9.17) is 18.6 Å². The SMILES string of the molecule is C.CC1(C)c2cc(B3OCCO3)ccc2-c2ccc(B3OCCO3)cc21. The molecule has 5 rings (SSSR count). The Labute approximate surface area is 156 Å². The third kappa shape index (κ3) is 2.64. The molecule has 0 N–H and O–H groups in total. The van der Waals surface area contributed by atoms with Gasteiger partial charge in [0.1, 0.15) is 0 Å². The van der Waals surface area contributed by atoms with E-state index in [2.05, 4.69) is 50.2 Å². The van der Waals surface area contributed by atoms with Gasteiger partial charge in [-0.1, -0.05) is 57.7 Å². The first kappa shape index (κ1) is 17.8. The van der Waals surface area contributed by atoms with Crippen LogP contribution in [-0.2, 0) is 24.0 Å². The number of benzene rings is 2. The van der Waals surface area contributed by atoms with Crippen molar-refractivity contribution in [3.05, 3.63) is 47.5 Å². The second-order valence-corrected chi connectivity index (χ2v) is 7.38. The Hall–Kier alpha value is -1.59. The van der Waals surface area contributed by atoms with Crippen LogP contribution in [0.25, 0.3) is 11.1 Å². The van der Waals surface area contributed by atoms with Crippen molar-refractivity contribution in [1.29, 1.82) is 0 Å². The second kappa shape index (κ2) is 6.54. The first-order valence-corrected chi connectivity index (χ1v) is 8.90. The van der Waals surface area contributed by atoms with Crippen LogP contribution in [-0.4, -0.2) is 40.7 Å². The normalized spacial score (nSPS) is 20.1. The number of fused-ring (bicyclic) bond motifs is 3. The van der Waals surface area contributed by atoms with Gasteiger partial charge in [0.25, 0.3) is 0 Å². The van der Waals surface area contributed by atoms with Crippen LogP contribution in [0.5, 0.6) is 0 Å². The zero-order valence-corrected chi connectivity index (χ0v) is 14.6. The molecule has 2 fully saturated rings. The fourth-order valence-corrected chi connectivity index (χ4v) is 4.17. The van der Waals surface area contributed by atoms with E-state index in [1.54, 1.807) is 0 Å². The fourth-order valence-electron chi connectivity index (χ4n) is 4.17. The Morgan fingerprint density at radius 3 is 1.46 bits per heavy atom. The largest absolute Gasteiger partial charge is 0.494 e. The van der Waals surface area contributed by atoms with E-state index in [1.807, 2.05) is 0 Å². The van der Waals surface area contributed by atoms with Gasteiger partial charge < -0.3 is 18.6 Å². The molecule has 2 saturated heterocycles. The van der Waals surface area contributed by atoms with Gasteiger partial charge in [0.05, 0.1) is 26.4 Å². The van der Waals surface area contributed by atoms with Crippen LogP contribution < -0.4 is 10.9 Å². The third-order valence-electron chi connectivity index (χ3n) is 5.51. The smallest absolute Gasteiger partial charge is 0.405 e. The Bertz CT molecular complexity index is 757. The van der Waals surface area contributed by atoms with E-state index >= 15 is 0 Å². The van der Waals surface area contributed by atoms with E-state index < -0.39 is 0 Å². The summed E-state index contributed by atoms with van der Waals surface area (Å²) in [5.41, 5.74) is 7.35. The molecular formula is C20H24B2O4. The Morgan fingerprint density at radius 2 is 1.08 bits per heavy atom. The van der Waals surface area contributed by atoms with Gasteiger partial charge in [0.15, 0.2) is 0 Å². The quantitative estimate of drug-likeness (QED) is 0.778. The maximum absolute atomic E-state index is 5.68. The summed E-state index contributed by atoms with van der Waals surface area (Å²) in [6.07, 6.45) is 0. The molecule has 2 heterocycles. The van der Waals surface area contributed by atoms with Crippen molar-refractivity contribution in [1.82, 2.24) is 0 Å². The number of hydrogen-bond acceptors (Lipinski definition) is 4. The van der Waals surface area contributed by atoms with E-state index in [9.17, 15) is 0 Å². The molecule has 2 aromatic rings. The molecule has 1 aliphatic carbocycles. The molecule has 134 valence electrons. The van der Waals surface area contributed by atoms with Gasteiger partial charge in [-0.2, -0.15) is 0 Å². The molecule has 26 heavy (non-hydrogen) atoms. The maximum Gasteiger partial charge on any atom is 0.494 e. The molecule has 4 nitrogen and oxygen atoms in total. The minimum Gasteiger partial charge on any atom is -0.405 e. The van der Waals surface area contributed by atoms with Crippen molar-refractivity contribution in [2.75, 3.05) is 26.4 Å². The average Bonchev–Trinajstić information content (AvgIpc) is 3.36. The molecular weight excluding hydrogens is 326 g/mol. The summed E-state index contributed by atoms with van der Waals surface area (Å²) in [5, 5.41) is 0. The number of rotatable bonds is 2. The Balaban J connectivity index is 0.00000168. The lowest BCUT2D eigenvalue weighted by atomic mass is 9.73. The van der Waals surface area contributed by atoms with Gasteiger partial charge in [-0.3, -0.25) is 0 Å². The molecule has 0 atom stereocenters. The molecule has 0 saturated carbocycles. The summed E-state index contributed by atoms with van der Waals surface area (Å²) in [6.45, 7) is 7.20.